The topological polar surface area (TPSA) is 71.1 Å². The van der Waals surface area contributed by atoms with Crippen molar-refractivity contribution in [1.29, 1.82) is 0 Å². The lowest BCUT2D eigenvalue weighted by Crippen LogP contribution is -2.41. The van der Waals surface area contributed by atoms with Gasteiger partial charge >= 0.3 is 0 Å². The van der Waals surface area contributed by atoms with Crippen LogP contribution in [-0.2, 0) is 16.4 Å². The predicted molar refractivity (Wildman–Crippen MR) is 77.5 cm³/mol. The summed E-state index contributed by atoms with van der Waals surface area (Å²) in [6, 6.07) is 4.06. The van der Waals surface area contributed by atoms with E-state index < -0.39 is 15.3 Å². The molecule has 6 heteroatoms. The molecule has 0 bridgehead atoms. The number of pyridine rings is 1. The first-order valence-electron chi connectivity index (χ1n) is 6.52. The molecule has 1 aromatic rings. The molecule has 1 aromatic heterocycles. The van der Waals surface area contributed by atoms with Crippen molar-refractivity contribution in [1.82, 2.24) is 15.0 Å². The summed E-state index contributed by atoms with van der Waals surface area (Å²) >= 11 is 0. The Morgan fingerprint density at radius 3 is 2.42 bits per heavy atom. The van der Waals surface area contributed by atoms with E-state index in [1.54, 1.807) is 19.3 Å². The van der Waals surface area contributed by atoms with E-state index in [9.17, 15) is 8.42 Å². The first-order chi connectivity index (χ1) is 8.92. The van der Waals surface area contributed by atoms with Crippen molar-refractivity contribution in [2.24, 2.45) is 0 Å². The third-order valence-corrected chi connectivity index (χ3v) is 4.64. The maximum Gasteiger partial charge on any atom is 0.215 e. The summed E-state index contributed by atoms with van der Waals surface area (Å²) in [4.78, 5) is 3.92. The van der Waals surface area contributed by atoms with Crippen LogP contribution < -0.4 is 10.0 Å². The summed E-state index contributed by atoms with van der Waals surface area (Å²) in [7, 11) is -3.25. The van der Waals surface area contributed by atoms with Gasteiger partial charge in [0.1, 0.15) is 0 Å². The second-order valence-corrected chi connectivity index (χ2v) is 7.10. The van der Waals surface area contributed by atoms with Crippen LogP contribution in [-0.4, -0.2) is 37.8 Å². The standard InChI is InChI=1S/C13H23N3O2S/c1-11(2)15-10-12(3)19(17,18)16-9-6-13-4-7-14-8-5-13/h4-5,7-8,11-12,15-16H,6,9-10H2,1-3H3. The minimum atomic E-state index is -3.25. The van der Waals surface area contributed by atoms with E-state index in [0.717, 1.165) is 5.56 Å². The average Bonchev–Trinajstić information content (AvgIpc) is 2.36. The van der Waals surface area contributed by atoms with Crippen molar-refractivity contribution in [3.05, 3.63) is 30.1 Å². The molecular weight excluding hydrogens is 262 g/mol. The zero-order valence-corrected chi connectivity index (χ0v) is 12.6. The van der Waals surface area contributed by atoms with Crippen LogP contribution in [0.1, 0.15) is 26.3 Å². The minimum Gasteiger partial charge on any atom is -0.313 e. The van der Waals surface area contributed by atoms with Crippen molar-refractivity contribution in [3.63, 3.8) is 0 Å². The Kier molecular flexibility index (Phi) is 6.41. The Balaban J connectivity index is 2.38. The van der Waals surface area contributed by atoms with Crippen molar-refractivity contribution in [3.8, 4) is 0 Å². The Morgan fingerprint density at radius 1 is 1.21 bits per heavy atom. The highest BCUT2D eigenvalue weighted by molar-refractivity contribution is 7.90. The van der Waals surface area contributed by atoms with Crippen molar-refractivity contribution in [2.75, 3.05) is 13.1 Å². The molecule has 0 saturated carbocycles. The van der Waals surface area contributed by atoms with Gasteiger partial charge in [0.15, 0.2) is 0 Å². The fraction of sp³-hybridized carbons (Fsp3) is 0.615. The second-order valence-electron chi connectivity index (χ2n) is 4.92. The van der Waals surface area contributed by atoms with Crippen molar-refractivity contribution >= 4 is 10.0 Å². The van der Waals surface area contributed by atoms with Crippen molar-refractivity contribution in [2.45, 2.75) is 38.5 Å². The molecule has 0 fully saturated rings. The van der Waals surface area contributed by atoms with Crippen LogP contribution in [0.4, 0.5) is 0 Å². The van der Waals surface area contributed by atoms with E-state index in [1.807, 2.05) is 26.0 Å². The van der Waals surface area contributed by atoms with Gasteiger partial charge in [-0.05, 0) is 31.0 Å². The Labute approximate surface area is 115 Å². The molecule has 0 radical (unpaired) electrons. The summed E-state index contributed by atoms with van der Waals surface area (Å²) in [5.74, 6) is 0. The summed E-state index contributed by atoms with van der Waals surface area (Å²) in [5.41, 5.74) is 1.07. The molecule has 0 amide bonds. The third kappa shape index (κ3) is 6.13. The zero-order chi connectivity index (χ0) is 14.3. The van der Waals surface area contributed by atoms with Gasteiger partial charge in [0, 0.05) is 31.5 Å². The second kappa shape index (κ2) is 7.57. The largest absolute Gasteiger partial charge is 0.313 e. The van der Waals surface area contributed by atoms with Crippen LogP contribution in [0.3, 0.4) is 0 Å². The number of nitrogens with zero attached hydrogens (tertiary/aromatic N) is 1. The Morgan fingerprint density at radius 2 is 1.84 bits per heavy atom. The van der Waals surface area contributed by atoms with E-state index >= 15 is 0 Å². The molecule has 1 heterocycles. The van der Waals surface area contributed by atoms with Crippen LogP contribution in [0.15, 0.2) is 24.5 Å². The number of hydrogen-bond acceptors (Lipinski definition) is 4. The molecule has 0 aliphatic rings. The fourth-order valence-corrected chi connectivity index (χ4v) is 2.53. The van der Waals surface area contributed by atoms with Crippen LogP contribution >= 0.6 is 0 Å². The van der Waals surface area contributed by atoms with E-state index in [4.69, 9.17) is 0 Å². The van der Waals surface area contributed by atoms with Gasteiger partial charge in [-0.2, -0.15) is 0 Å². The molecule has 1 rings (SSSR count). The predicted octanol–water partition coefficient (Wildman–Crippen LogP) is 0.930. The molecule has 1 unspecified atom stereocenters. The SMILES string of the molecule is CC(C)NCC(C)S(=O)(=O)NCCc1ccncc1. The Hall–Kier alpha value is -0.980. The first kappa shape index (κ1) is 16.1. The van der Waals surface area contributed by atoms with Gasteiger partial charge in [0.05, 0.1) is 5.25 Å². The smallest absolute Gasteiger partial charge is 0.215 e. The van der Waals surface area contributed by atoms with Gasteiger partial charge in [-0.3, -0.25) is 4.98 Å². The number of nitrogens with one attached hydrogen (secondary N) is 2. The highest BCUT2D eigenvalue weighted by Crippen LogP contribution is 2.00. The summed E-state index contributed by atoms with van der Waals surface area (Å²) in [5, 5.41) is 2.69. The molecule has 5 nitrogen and oxygen atoms in total. The molecule has 0 spiro atoms. The quantitative estimate of drug-likeness (QED) is 0.745. The van der Waals surface area contributed by atoms with Gasteiger partial charge in [0.2, 0.25) is 10.0 Å². The minimum absolute atomic E-state index is 0.287. The van der Waals surface area contributed by atoms with Gasteiger partial charge in [-0.25, -0.2) is 13.1 Å². The Bertz CT molecular complexity index is 460. The average molecular weight is 285 g/mol. The highest BCUT2D eigenvalue weighted by Gasteiger charge is 2.19. The first-order valence-corrected chi connectivity index (χ1v) is 8.07. The lowest BCUT2D eigenvalue weighted by atomic mass is 10.2. The van der Waals surface area contributed by atoms with Crippen LogP contribution in [0.2, 0.25) is 0 Å². The lowest BCUT2D eigenvalue weighted by molar-refractivity contribution is 0.541. The number of rotatable bonds is 8. The van der Waals surface area contributed by atoms with Crippen LogP contribution in [0.5, 0.6) is 0 Å². The van der Waals surface area contributed by atoms with Crippen LogP contribution in [0.25, 0.3) is 0 Å². The van der Waals surface area contributed by atoms with E-state index in [2.05, 4.69) is 15.0 Å². The summed E-state index contributed by atoms with van der Waals surface area (Å²) in [6.07, 6.45) is 4.09. The normalized spacial score (nSPS) is 13.7. The molecule has 2 N–H and O–H groups in total. The van der Waals surface area contributed by atoms with E-state index in [0.29, 0.717) is 19.5 Å². The van der Waals surface area contributed by atoms with Gasteiger partial charge in [0.25, 0.3) is 0 Å². The van der Waals surface area contributed by atoms with Crippen molar-refractivity contribution < 1.29 is 8.42 Å². The molecular formula is C13H23N3O2S. The maximum absolute atomic E-state index is 12.0. The maximum atomic E-state index is 12.0. The van der Waals surface area contributed by atoms with Gasteiger partial charge < -0.3 is 5.32 Å². The molecule has 0 aromatic carbocycles. The fourth-order valence-electron chi connectivity index (χ4n) is 1.54. The van der Waals surface area contributed by atoms with Gasteiger partial charge in [-0.1, -0.05) is 13.8 Å². The van der Waals surface area contributed by atoms with E-state index in [-0.39, 0.29) is 6.04 Å². The molecule has 0 aliphatic carbocycles. The van der Waals surface area contributed by atoms with Gasteiger partial charge in [-0.15, -0.1) is 0 Å². The van der Waals surface area contributed by atoms with Crippen LogP contribution in [0, 0.1) is 0 Å². The molecule has 0 aliphatic heterocycles. The molecule has 19 heavy (non-hydrogen) atoms. The summed E-state index contributed by atoms with van der Waals surface area (Å²) < 4.78 is 26.6. The molecule has 108 valence electrons. The molecule has 1 atom stereocenters. The summed E-state index contributed by atoms with van der Waals surface area (Å²) in [6.45, 7) is 6.58. The third-order valence-electron chi connectivity index (χ3n) is 2.81. The lowest BCUT2D eigenvalue weighted by Gasteiger charge is -2.16. The monoisotopic (exact) mass is 285 g/mol. The number of aromatic nitrogens is 1. The highest BCUT2D eigenvalue weighted by atomic mass is 32.2. The number of sulfonamides is 1. The number of hydrogen-bond donors (Lipinski definition) is 2. The molecule has 0 saturated heterocycles. The zero-order valence-electron chi connectivity index (χ0n) is 11.8. The van der Waals surface area contributed by atoms with E-state index in [1.165, 1.54) is 0 Å².